The first-order valence-corrected chi connectivity index (χ1v) is 5.53. The highest BCUT2D eigenvalue weighted by molar-refractivity contribution is 5.94. The number of anilines is 1. The summed E-state index contributed by atoms with van der Waals surface area (Å²) in [6.45, 7) is -0.836. The van der Waals surface area contributed by atoms with Gasteiger partial charge < -0.3 is 14.7 Å². The summed E-state index contributed by atoms with van der Waals surface area (Å²) in [6.07, 6.45) is -0.478. The van der Waals surface area contributed by atoms with Crippen molar-refractivity contribution < 1.29 is 32.6 Å². The van der Waals surface area contributed by atoms with Crippen LogP contribution < -0.4 is 4.90 Å². The van der Waals surface area contributed by atoms with Crippen LogP contribution in [0.3, 0.4) is 0 Å². The number of carbonyl (C=O) groups is 2. The van der Waals surface area contributed by atoms with Gasteiger partial charge in [-0.1, -0.05) is 0 Å². The number of aliphatic carboxylic acids is 1. The van der Waals surface area contributed by atoms with Crippen molar-refractivity contribution in [1.29, 1.82) is 0 Å². The Morgan fingerprint density at radius 3 is 2.45 bits per heavy atom. The molecule has 1 aromatic carbocycles. The van der Waals surface area contributed by atoms with E-state index in [-0.39, 0.29) is 6.54 Å². The molecule has 1 amide bonds. The van der Waals surface area contributed by atoms with E-state index in [4.69, 9.17) is 5.11 Å². The zero-order chi connectivity index (χ0) is 15.3. The highest BCUT2D eigenvalue weighted by Gasteiger charge is 2.23. The molecule has 0 saturated carbocycles. The molecule has 0 saturated heterocycles. The second kappa shape index (κ2) is 6.90. The van der Waals surface area contributed by atoms with Crippen LogP contribution in [0.1, 0.15) is 6.42 Å². The van der Waals surface area contributed by atoms with Crippen molar-refractivity contribution >= 4 is 17.6 Å². The zero-order valence-electron chi connectivity index (χ0n) is 10.5. The third-order valence-electron chi connectivity index (χ3n) is 2.42. The van der Waals surface area contributed by atoms with E-state index in [9.17, 15) is 22.8 Å². The summed E-state index contributed by atoms with van der Waals surface area (Å²) < 4.78 is 44.2. The van der Waals surface area contributed by atoms with Crippen molar-refractivity contribution in [3.63, 3.8) is 0 Å². The fourth-order valence-electron chi connectivity index (χ4n) is 1.51. The van der Waals surface area contributed by atoms with Gasteiger partial charge in [-0.05, 0) is 12.1 Å². The monoisotopic (exact) mass is 291 g/mol. The van der Waals surface area contributed by atoms with Gasteiger partial charge in [0.05, 0.1) is 12.1 Å². The minimum atomic E-state index is -1.73. The molecule has 0 unspecified atom stereocenters. The average molecular weight is 291 g/mol. The summed E-state index contributed by atoms with van der Waals surface area (Å²) in [5.74, 6) is -6.67. The van der Waals surface area contributed by atoms with Gasteiger partial charge in [0.25, 0.3) is 5.91 Å². The molecule has 0 aromatic heterocycles. The molecule has 0 heterocycles. The molecule has 110 valence electrons. The Labute approximate surface area is 112 Å². The molecule has 0 bridgehead atoms. The highest BCUT2D eigenvalue weighted by atomic mass is 19.2. The van der Waals surface area contributed by atoms with Crippen LogP contribution in [-0.2, 0) is 14.3 Å². The Bertz CT molecular complexity index is 522. The van der Waals surface area contributed by atoms with Crippen LogP contribution in [0.25, 0.3) is 0 Å². The van der Waals surface area contributed by atoms with Crippen molar-refractivity contribution in [3.8, 4) is 0 Å². The number of amides is 1. The van der Waals surface area contributed by atoms with E-state index in [1.807, 2.05) is 0 Å². The lowest BCUT2D eigenvalue weighted by atomic mass is 10.2. The number of carbonyl (C=O) groups excluding carboxylic acids is 1. The lowest BCUT2D eigenvalue weighted by molar-refractivity contribution is -0.136. The van der Waals surface area contributed by atoms with E-state index >= 15 is 0 Å². The molecule has 0 aliphatic heterocycles. The minimum Gasteiger partial charge on any atom is -0.481 e. The molecule has 0 spiro atoms. The van der Waals surface area contributed by atoms with Crippen molar-refractivity contribution in [2.24, 2.45) is 0 Å². The molecule has 20 heavy (non-hydrogen) atoms. The lowest BCUT2D eigenvalue weighted by Crippen LogP contribution is -2.36. The molecule has 0 aliphatic carbocycles. The van der Waals surface area contributed by atoms with Crippen molar-refractivity contribution in [3.05, 3.63) is 29.6 Å². The number of carboxylic acid groups (broad SMARTS) is 1. The molecule has 1 N–H and O–H groups in total. The molecular weight excluding hydrogens is 279 g/mol. The number of carboxylic acids is 1. The highest BCUT2D eigenvalue weighted by Crippen LogP contribution is 2.24. The number of hydrogen-bond donors (Lipinski definition) is 1. The maximum Gasteiger partial charge on any atom is 0.305 e. The summed E-state index contributed by atoms with van der Waals surface area (Å²) in [5.41, 5.74) is -0.535. The molecule has 0 fully saturated rings. The van der Waals surface area contributed by atoms with E-state index in [0.29, 0.717) is 11.0 Å². The van der Waals surface area contributed by atoms with Gasteiger partial charge in [0.15, 0.2) is 17.5 Å². The van der Waals surface area contributed by atoms with Gasteiger partial charge in [-0.25, -0.2) is 13.2 Å². The van der Waals surface area contributed by atoms with Crippen molar-refractivity contribution in [2.75, 3.05) is 25.2 Å². The molecule has 1 aromatic rings. The third-order valence-corrected chi connectivity index (χ3v) is 2.42. The number of benzene rings is 1. The summed E-state index contributed by atoms with van der Waals surface area (Å²) in [6, 6.07) is 1.52. The van der Waals surface area contributed by atoms with E-state index in [1.54, 1.807) is 0 Å². The molecular formula is C12H12F3NO4. The number of nitrogens with zero attached hydrogens (tertiary/aromatic N) is 1. The van der Waals surface area contributed by atoms with Crippen LogP contribution in [-0.4, -0.2) is 37.2 Å². The van der Waals surface area contributed by atoms with Gasteiger partial charge in [-0.2, -0.15) is 0 Å². The number of rotatable bonds is 6. The van der Waals surface area contributed by atoms with Gasteiger partial charge in [0, 0.05) is 13.7 Å². The van der Waals surface area contributed by atoms with Crippen molar-refractivity contribution in [1.82, 2.24) is 0 Å². The van der Waals surface area contributed by atoms with Gasteiger partial charge in [0.2, 0.25) is 0 Å². The molecule has 0 radical (unpaired) electrons. The fraction of sp³-hybridized carbons (Fsp3) is 0.333. The van der Waals surface area contributed by atoms with Crippen LogP contribution in [0, 0.1) is 17.5 Å². The quantitative estimate of drug-likeness (QED) is 0.808. The Morgan fingerprint density at radius 2 is 1.90 bits per heavy atom. The van der Waals surface area contributed by atoms with Crippen LogP contribution in [0.4, 0.5) is 18.9 Å². The predicted molar refractivity (Wildman–Crippen MR) is 62.8 cm³/mol. The first-order valence-electron chi connectivity index (χ1n) is 5.53. The zero-order valence-corrected chi connectivity index (χ0v) is 10.5. The van der Waals surface area contributed by atoms with E-state index in [0.717, 1.165) is 6.07 Å². The van der Waals surface area contributed by atoms with Gasteiger partial charge in [-0.3, -0.25) is 9.59 Å². The number of hydrogen-bond acceptors (Lipinski definition) is 3. The summed E-state index contributed by atoms with van der Waals surface area (Å²) in [4.78, 5) is 23.0. The normalized spacial score (nSPS) is 10.4. The summed E-state index contributed by atoms with van der Waals surface area (Å²) >= 11 is 0. The second-order valence-electron chi connectivity index (χ2n) is 3.82. The minimum absolute atomic E-state index is 0.389. The predicted octanol–water partition coefficient (Wildman–Crippen LogP) is 1.56. The van der Waals surface area contributed by atoms with Gasteiger partial charge in [-0.15, -0.1) is 0 Å². The Balaban J connectivity index is 3.12. The molecule has 5 nitrogen and oxygen atoms in total. The smallest absolute Gasteiger partial charge is 0.305 e. The summed E-state index contributed by atoms with van der Waals surface area (Å²) in [5, 5.41) is 8.59. The Hall–Kier alpha value is -2.09. The maximum atomic E-state index is 13.6. The van der Waals surface area contributed by atoms with Crippen LogP contribution in [0.2, 0.25) is 0 Å². The first kappa shape index (κ1) is 16.0. The van der Waals surface area contributed by atoms with E-state index in [2.05, 4.69) is 4.74 Å². The molecule has 1 rings (SSSR count). The van der Waals surface area contributed by atoms with Gasteiger partial charge >= 0.3 is 5.97 Å². The van der Waals surface area contributed by atoms with Crippen LogP contribution >= 0.6 is 0 Å². The van der Waals surface area contributed by atoms with Crippen LogP contribution in [0.15, 0.2) is 12.1 Å². The van der Waals surface area contributed by atoms with E-state index in [1.165, 1.54) is 7.11 Å². The van der Waals surface area contributed by atoms with Gasteiger partial charge in [0.1, 0.15) is 6.61 Å². The lowest BCUT2D eigenvalue weighted by Gasteiger charge is -2.22. The molecule has 0 atom stereocenters. The van der Waals surface area contributed by atoms with Crippen LogP contribution in [0.5, 0.6) is 0 Å². The molecule has 8 heteroatoms. The Kier molecular flexibility index (Phi) is 5.51. The fourth-order valence-corrected chi connectivity index (χ4v) is 1.51. The average Bonchev–Trinajstić information content (AvgIpc) is 2.38. The maximum absolute atomic E-state index is 13.6. The number of halogens is 3. The molecule has 0 aliphatic rings. The number of methoxy groups -OCH3 is 1. The first-order chi connectivity index (χ1) is 9.38. The van der Waals surface area contributed by atoms with Crippen molar-refractivity contribution in [2.45, 2.75) is 6.42 Å². The standard InChI is InChI=1S/C12H12F3NO4/c1-20-6-9(17)16(5-4-10(18)19)8-3-2-7(13)11(14)12(8)15/h2-3H,4-6H2,1H3,(H,18,19). The second-order valence-corrected chi connectivity index (χ2v) is 3.82. The SMILES string of the molecule is COCC(=O)N(CCC(=O)O)c1ccc(F)c(F)c1F. The third kappa shape index (κ3) is 3.70. The summed E-state index contributed by atoms with van der Waals surface area (Å²) in [7, 11) is 1.22. The topological polar surface area (TPSA) is 66.8 Å². The Morgan fingerprint density at radius 1 is 1.25 bits per heavy atom. The van der Waals surface area contributed by atoms with E-state index < -0.39 is 48.0 Å². The largest absolute Gasteiger partial charge is 0.481 e. The number of ether oxygens (including phenoxy) is 1.